The number of carbonyl (C=O) groups excluding carboxylic acids is 6. The number of benzene rings is 12. The highest BCUT2D eigenvalue weighted by Gasteiger charge is 2.19. The minimum absolute atomic E-state index is 0.375. The summed E-state index contributed by atoms with van der Waals surface area (Å²) in [6, 6.07) is 88.6. The molecule has 0 spiro atoms. The van der Waals surface area contributed by atoms with E-state index in [2.05, 4.69) is 81.5 Å². The molecule has 0 radical (unpaired) electrons. The van der Waals surface area contributed by atoms with Crippen LogP contribution in [0.2, 0.25) is 0 Å². The molecular formula is C100H74N6O12S6. The number of rotatable bonds is 18. The fourth-order valence-electron chi connectivity index (χ4n) is 11.5. The molecule has 0 bridgehead atoms. The van der Waals surface area contributed by atoms with Gasteiger partial charge in [-0.3, -0.25) is 0 Å². The summed E-state index contributed by atoms with van der Waals surface area (Å²) in [6.45, 7) is 28.0. The van der Waals surface area contributed by atoms with E-state index in [0.29, 0.717) is 45.6 Å². The summed E-state index contributed by atoms with van der Waals surface area (Å²) in [5.41, 5.74) is 14.3. The molecule has 0 fully saturated rings. The standard InChI is InChI=1S/4C17H13NO2S.2C16H11NO2S/c1-11(2)17(19)20-13-7-5-6-12(10-13)16-18-14-8-3-4-9-15(14)21-16;1-11(2)17(19)20-13-9-7-12(8-10-13)16-18-14-5-3-4-6-15(14)21-16;2*1-3-16(19)20-14-9-8-11(2)10-12(14)17-18-13-6-4-5-7-15(13)21-17;1-2-15(18)19-12-7-5-6-11(10-12)16-17-13-8-3-4-9-14(13)20-16;1-2-15(18)19-12-9-7-11(8-10-12)16-17-13-5-3-4-6-14(13)20-16/h4*3-10H,1H2,2H3;2*2-10H,1H2. The van der Waals surface area contributed by atoms with E-state index in [-0.39, 0.29) is 0 Å². The van der Waals surface area contributed by atoms with E-state index in [4.69, 9.17) is 28.4 Å². The van der Waals surface area contributed by atoms with Crippen molar-refractivity contribution < 1.29 is 57.2 Å². The normalized spacial score (nSPS) is 10.5. The van der Waals surface area contributed by atoms with Crippen LogP contribution in [-0.2, 0) is 28.8 Å². The average molecular weight is 1740 g/mol. The van der Waals surface area contributed by atoms with E-state index < -0.39 is 35.8 Å². The lowest BCUT2D eigenvalue weighted by atomic mass is 10.1. The summed E-state index contributed by atoms with van der Waals surface area (Å²) in [6.07, 6.45) is 4.59. The third-order valence-electron chi connectivity index (χ3n) is 17.5. The van der Waals surface area contributed by atoms with Crippen molar-refractivity contribution in [3.63, 3.8) is 0 Å². The highest BCUT2D eigenvalue weighted by atomic mass is 32.1. The fraction of sp³-hybridized carbons (Fsp3) is 0.0400. The lowest BCUT2D eigenvalue weighted by Crippen LogP contribution is -2.07. The number of thiazole rings is 6. The first-order valence-corrected chi connectivity index (χ1v) is 42.9. The second-order valence-electron chi connectivity index (χ2n) is 26.9. The molecule has 0 aliphatic rings. The SMILES string of the molecule is C=C(C)C(=O)Oc1ccc(-c2nc3ccccc3s2)cc1.C=C(C)C(=O)Oc1cccc(-c2nc3ccccc3s2)c1.C=CC(=O)Oc1ccc(-c2nc3ccccc3s2)cc1.C=CC(=O)Oc1ccc(C)cc1-c1nc2ccccc2s1.C=CC(=O)Oc1ccc(C)cc1-c1nc2ccccc2s1.C=CC(=O)Oc1cccc(-c2nc3ccccc3s2)c1. The van der Waals surface area contributed by atoms with Crippen molar-refractivity contribution in [2.75, 3.05) is 0 Å². The average Bonchev–Trinajstić information content (AvgIpc) is 1.67. The Bertz CT molecular complexity index is 6720. The molecule has 0 aliphatic heterocycles. The van der Waals surface area contributed by atoms with Crippen molar-refractivity contribution in [3.8, 4) is 97.9 Å². The fourth-order valence-corrected chi connectivity index (χ4v) is 17.3. The molecule has 0 N–H and O–H groups in total. The first-order valence-electron chi connectivity index (χ1n) is 38.0. The highest BCUT2D eigenvalue weighted by molar-refractivity contribution is 7.23. The van der Waals surface area contributed by atoms with Gasteiger partial charge in [-0.05, 0) is 198 Å². The van der Waals surface area contributed by atoms with Gasteiger partial charge in [-0.25, -0.2) is 58.7 Å². The van der Waals surface area contributed by atoms with Crippen LogP contribution in [0.3, 0.4) is 0 Å². The van der Waals surface area contributed by atoms with E-state index in [1.807, 2.05) is 226 Å². The van der Waals surface area contributed by atoms with Crippen LogP contribution in [0.5, 0.6) is 34.5 Å². The van der Waals surface area contributed by atoms with E-state index in [0.717, 1.165) is 160 Å². The lowest BCUT2D eigenvalue weighted by Gasteiger charge is -2.07. The van der Waals surface area contributed by atoms with Crippen LogP contribution in [0.4, 0.5) is 0 Å². The summed E-state index contributed by atoms with van der Waals surface area (Å²) < 4.78 is 38.0. The number of ether oxygens (including phenoxy) is 6. The minimum atomic E-state index is -0.471. The molecule has 18 aromatic rings. The maximum atomic E-state index is 11.6. The number of hydrogen-bond acceptors (Lipinski definition) is 24. The van der Waals surface area contributed by atoms with Crippen LogP contribution in [-0.4, -0.2) is 65.7 Å². The summed E-state index contributed by atoms with van der Waals surface area (Å²) in [5, 5.41) is 5.40. The van der Waals surface area contributed by atoms with E-state index in [1.54, 1.807) is 136 Å². The molecule has 18 nitrogen and oxygen atoms in total. The van der Waals surface area contributed by atoms with Gasteiger partial charge in [-0.2, -0.15) is 0 Å². The molecule has 6 aromatic heterocycles. The van der Waals surface area contributed by atoms with Gasteiger partial charge in [-0.1, -0.05) is 160 Å². The van der Waals surface area contributed by atoms with Crippen LogP contribution < -0.4 is 28.4 Å². The number of carbonyl (C=O) groups is 6. The van der Waals surface area contributed by atoms with Crippen molar-refractivity contribution in [2.45, 2.75) is 27.7 Å². The molecule has 0 saturated carbocycles. The molecule has 612 valence electrons. The number of nitrogens with zero attached hydrogens (tertiary/aromatic N) is 6. The van der Waals surface area contributed by atoms with Gasteiger partial charge in [-0.15, -0.1) is 68.0 Å². The van der Waals surface area contributed by atoms with Crippen LogP contribution >= 0.6 is 68.0 Å². The van der Waals surface area contributed by atoms with Gasteiger partial charge < -0.3 is 28.4 Å². The molecule has 0 aliphatic carbocycles. The highest BCUT2D eigenvalue weighted by Crippen LogP contribution is 2.41. The Morgan fingerprint density at radius 3 is 0.831 bits per heavy atom. The zero-order chi connectivity index (χ0) is 87.2. The molecule has 0 atom stereocenters. The van der Waals surface area contributed by atoms with Crippen LogP contribution in [0, 0.1) is 13.8 Å². The number of fused-ring (bicyclic) bond motifs is 6. The minimum Gasteiger partial charge on any atom is -0.423 e. The quantitative estimate of drug-likeness (QED) is 0.0441. The molecule has 0 amide bonds. The first-order chi connectivity index (χ1) is 60.1. The van der Waals surface area contributed by atoms with Gasteiger partial charge >= 0.3 is 35.8 Å². The molecule has 18 rings (SSSR count). The maximum Gasteiger partial charge on any atom is 0.338 e. The summed E-state index contributed by atoms with van der Waals surface area (Å²) >= 11 is 9.67. The lowest BCUT2D eigenvalue weighted by molar-refractivity contribution is -0.130. The van der Waals surface area contributed by atoms with Gasteiger partial charge in [0.25, 0.3) is 0 Å². The maximum absolute atomic E-state index is 11.6. The monoisotopic (exact) mass is 1740 g/mol. The summed E-state index contributed by atoms with van der Waals surface area (Å²) in [7, 11) is 0. The second-order valence-corrected chi connectivity index (χ2v) is 33.0. The Balaban J connectivity index is 0.000000128. The van der Waals surface area contributed by atoms with Gasteiger partial charge in [0.15, 0.2) is 0 Å². The Morgan fingerprint density at radius 2 is 0.524 bits per heavy atom. The molecule has 0 unspecified atom stereocenters. The van der Waals surface area contributed by atoms with Gasteiger partial charge in [0.2, 0.25) is 0 Å². The zero-order valence-electron chi connectivity index (χ0n) is 67.1. The summed E-state index contributed by atoms with van der Waals surface area (Å²) in [4.78, 5) is 95.9. The number of aromatic nitrogens is 6. The largest absolute Gasteiger partial charge is 0.423 e. The molecule has 12 aromatic carbocycles. The van der Waals surface area contributed by atoms with Crippen LogP contribution in [0.15, 0.2) is 354 Å². The van der Waals surface area contributed by atoms with Crippen molar-refractivity contribution in [1.29, 1.82) is 0 Å². The Hall–Kier alpha value is -14.8. The van der Waals surface area contributed by atoms with Gasteiger partial charge in [0.05, 0.1) is 72.4 Å². The molecule has 0 saturated heterocycles. The molecule has 124 heavy (non-hydrogen) atoms. The molecular weight excluding hydrogens is 1670 g/mol. The van der Waals surface area contributed by atoms with Crippen LogP contribution in [0.1, 0.15) is 25.0 Å². The zero-order valence-corrected chi connectivity index (χ0v) is 72.0. The smallest absolute Gasteiger partial charge is 0.338 e. The number of hydrogen-bond donors (Lipinski definition) is 0. The van der Waals surface area contributed by atoms with Gasteiger partial charge in [0, 0.05) is 57.7 Å². The topological polar surface area (TPSA) is 235 Å². The molecule has 24 heteroatoms. The Kier molecular flexibility index (Phi) is 29.1. The van der Waals surface area contributed by atoms with Crippen molar-refractivity contribution in [3.05, 3.63) is 365 Å². The predicted molar refractivity (Wildman–Crippen MR) is 504 cm³/mol. The number of esters is 6. The first kappa shape index (κ1) is 87.1. The van der Waals surface area contributed by atoms with Crippen molar-refractivity contribution in [1.82, 2.24) is 29.9 Å². The third-order valence-corrected chi connectivity index (χ3v) is 24.0. The number of para-hydroxylation sites is 6. The van der Waals surface area contributed by atoms with Gasteiger partial charge in [0.1, 0.15) is 64.5 Å². The Morgan fingerprint density at radius 1 is 0.266 bits per heavy atom. The second kappa shape index (κ2) is 41.5. The third kappa shape index (κ3) is 23.0. The van der Waals surface area contributed by atoms with Crippen molar-refractivity contribution in [2.24, 2.45) is 0 Å². The predicted octanol–water partition coefficient (Wildman–Crippen LogP) is 25.7. The van der Waals surface area contributed by atoms with E-state index in [1.165, 1.54) is 0 Å². The Labute approximate surface area is 737 Å². The van der Waals surface area contributed by atoms with E-state index in [9.17, 15) is 28.8 Å². The van der Waals surface area contributed by atoms with Crippen molar-refractivity contribution >= 4 is 165 Å². The molecule has 6 heterocycles. The number of aryl methyl sites for hydroxylation is 2. The summed E-state index contributed by atoms with van der Waals surface area (Å²) in [5.74, 6) is 0.305. The van der Waals surface area contributed by atoms with Crippen LogP contribution in [0.25, 0.3) is 125 Å². The van der Waals surface area contributed by atoms with E-state index >= 15 is 0 Å².